The molecule has 0 aromatic rings. The van der Waals surface area contributed by atoms with Crippen molar-refractivity contribution < 1.29 is 8.78 Å². The number of rotatable bonds is 1. The van der Waals surface area contributed by atoms with Crippen molar-refractivity contribution in [2.24, 2.45) is 0 Å². The van der Waals surface area contributed by atoms with Crippen molar-refractivity contribution in [1.29, 1.82) is 0 Å². The van der Waals surface area contributed by atoms with Crippen LogP contribution in [0.5, 0.6) is 0 Å². The predicted octanol–water partition coefficient (Wildman–Crippen LogP) is 0.689. The maximum Gasteiger partial charge on any atom is 0.163 e. The summed E-state index contributed by atoms with van der Waals surface area (Å²) in [5, 5.41) is 2.64. The molecule has 0 amide bonds. The van der Waals surface area contributed by atoms with Gasteiger partial charge in [0.05, 0.1) is 0 Å². The van der Waals surface area contributed by atoms with Crippen LogP contribution in [-0.4, -0.2) is 25.4 Å². The molecule has 1 aliphatic rings. The van der Waals surface area contributed by atoms with Gasteiger partial charge in [0, 0.05) is 13.1 Å². The van der Waals surface area contributed by atoms with Gasteiger partial charge in [0.25, 0.3) is 0 Å². The highest BCUT2D eigenvalue weighted by Gasteiger charge is 2.36. The molecule has 0 aliphatic carbocycles. The summed E-state index contributed by atoms with van der Waals surface area (Å²) in [6, 6.07) is 0. The van der Waals surface area contributed by atoms with E-state index in [4.69, 9.17) is 0 Å². The second kappa shape index (κ2) is 2.60. The molecule has 4 heteroatoms. The van der Waals surface area contributed by atoms with Crippen molar-refractivity contribution in [3.05, 3.63) is 0 Å². The van der Waals surface area contributed by atoms with Crippen LogP contribution in [0.1, 0.15) is 0 Å². The van der Waals surface area contributed by atoms with E-state index in [-0.39, 0.29) is 25.5 Å². The Morgan fingerprint density at radius 2 is 2.00 bits per heavy atom. The summed E-state index contributed by atoms with van der Waals surface area (Å²) in [6.45, 7) is -0.479. The molecule has 0 bridgehead atoms. The van der Waals surface area contributed by atoms with Gasteiger partial charge in [0.1, 0.15) is 6.67 Å². The molecule has 0 spiro atoms. The first-order valence-electron chi connectivity index (χ1n) is 2.22. The second-order valence-corrected chi connectivity index (χ2v) is 1.89. The summed E-state index contributed by atoms with van der Waals surface area (Å²) < 4.78 is 23.6. The highest BCUT2D eigenvalue weighted by molar-refractivity contribution is 5.85. The summed E-state index contributed by atoms with van der Waals surface area (Å²) in [5.41, 5.74) is -1.51. The number of nitrogens with one attached hydrogen (secondary N) is 1. The predicted molar refractivity (Wildman–Crippen MR) is 29.9 cm³/mol. The Kier molecular flexibility index (Phi) is 2.63. The molecule has 1 heterocycles. The third-order valence-electron chi connectivity index (χ3n) is 1.12. The summed E-state index contributed by atoms with van der Waals surface area (Å²) in [6.07, 6.45) is 0. The lowest BCUT2D eigenvalue weighted by molar-refractivity contribution is 0.0602. The largest absolute Gasteiger partial charge is 0.310 e. The minimum absolute atomic E-state index is 0. The Balaban J connectivity index is 0.000000490. The van der Waals surface area contributed by atoms with E-state index in [0.29, 0.717) is 0 Å². The van der Waals surface area contributed by atoms with Gasteiger partial charge in [-0.15, -0.1) is 12.4 Å². The summed E-state index contributed by atoms with van der Waals surface area (Å²) in [7, 11) is 0. The van der Waals surface area contributed by atoms with Crippen LogP contribution in [0.15, 0.2) is 0 Å². The highest BCUT2D eigenvalue weighted by Crippen LogP contribution is 2.15. The molecule has 1 nitrogen and oxygen atoms in total. The Bertz CT molecular complexity index is 68.9. The molecule has 0 aromatic heterocycles. The topological polar surface area (TPSA) is 12.0 Å². The molecule has 1 fully saturated rings. The van der Waals surface area contributed by atoms with Gasteiger partial charge in [-0.25, -0.2) is 8.78 Å². The van der Waals surface area contributed by atoms with Gasteiger partial charge in [0.2, 0.25) is 0 Å². The first-order chi connectivity index (χ1) is 3.27. The molecular weight excluding hydrogens is 136 g/mol. The fraction of sp³-hybridized carbons (Fsp3) is 1.00. The zero-order chi connectivity index (χ0) is 5.33. The lowest BCUT2D eigenvalue weighted by Gasteiger charge is -2.31. The standard InChI is InChI=1S/C4H7F2N.ClH/c5-1-4(6)2-7-3-4;/h7H,1-3H2;1H. The quantitative estimate of drug-likeness (QED) is 0.570. The van der Waals surface area contributed by atoms with Crippen molar-refractivity contribution in [2.75, 3.05) is 19.8 Å². The van der Waals surface area contributed by atoms with Crippen LogP contribution >= 0.6 is 12.4 Å². The van der Waals surface area contributed by atoms with Crippen LogP contribution in [0.4, 0.5) is 8.78 Å². The van der Waals surface area contributed by atoms with Crippen LogP contribution < -0.4 is 5.32 Å². The summed E-state index contributed by atoms with van der Waals surface area (Å²) in [5.74, 6) is 0. The van der Waals surface area contributed by atoms with E-state index in [1.807, 2.05) is 0 Å². The lowest BCUT2D eigenvalue weighted by Crippen LogP contribution is -2.57. The van der Waals surface area contributed by atoms with Gasteiger partial charge in [0.15, 0.2) is 5.67 Å². The third kappa shape index (κ3) is 1.29. The molecule has 1 saturated heterocycles. The van der Waals surface area contributed by atoms with Crippen molar-refractivity contribution in [3.8, 4) is 0 Å². The minimum atomic E-state index is -1.51. The second-order valence-electron chi connectivity index (χ2n) is 1.89. The molecule has 1 N–H and O–H groups in total. The molecule has 1 rings (SSSR count). The fourth-order valence-corrected chi connectivity index (χ4v) is 0.491. The average molecular weight is 144 g/mol. The van der Waals surface area contributed by atoms with Crippen LogP contribution in [0.25, 0.3) is 0 Å². The van der Waals surface area contributed by atoms with Gasteiger partial charge in [-0.05, 0) is 0 Å². The van der Waals surface area contributed by atoms with E-state index >= 15 is 0 Å². The zero-order valence-electron chi connectivity index (χ0n) is 4.29. The van der Waals surface area contributed by atoms with E-state index in [9.17, 15) is 8.78 Å². The number of hydrogen-bond acceptors (Lipinski definition) is 1. The molecule has 0 atom stereocenters. The smallest absolute Gasteiger partial charge is 0.163 e. The van der Waals surface area contributed by atoms with Crippen molar-refractivity contribution >= 4 is 12.4 Å². The Labute approximate surface area is 52.9 Å². The van der Waals surface area contributed by atoms with Gasteiger partial charge in [-0.3, -0.25) is 0 Å². The van der Waals surface area contributed by atoms with Crippen molar-refractivity contribution in [2.45, 2.75) is 5.67 Å². The Hall–Kier alpha value is 0.110. The number of halogens is 3. The van der Waals surface area contributed by atoms with Crippen LogP contribution in [0, 0.1) is 0 Å². The first-order valence-corrected chi connectivity index (χ1v) is 2.22. The van der Waals surface area contributed by atoms with E-state index in [1.54, 1.807) is 0 Å². The van der Waals surface area contributed by atoms with E-state index < -0.39 is 12.3 Å². The summed E-state index contributed by atoms with van der Waals surface area (Å²) >= 11 is 0. The van der Waals surface area contributed by atoms with E-state index in [0.717, 1.165) is 0 Å². The maximum absolute atomic E-state index is 12.2. The fourth-order valence-electron chi connectivity index (χ4n) is 0.491. The first kappa shape index (κ1) is 8.11. The Morgan fingerprint density at radius 3 is 2.00 bits per heavy atom. The summed E-state index contributed by atoms with van der Waals surface area (Å²) in [4.78, 5) is 0. The van der Waals surface area contributed by atoms with E-state index in [1.165, 1.54) is 0 Å². The third-order valence-corrected chi connectivity index (χ3v) is 1.12. The van der Waals surface area contributed by atoms with Crippen LogP contribution in [0.3, 0.4) is 0 Å². The van der Waals surface area contributed by atoms with Gasteiger partial charge < -0.3 is 5.32 Å². The van der Waals surface area contributed by atoms with E-state index in [2.05, 4.69) is 5.32 Å². The van der Waals surface area contributed by atoms with Gasteiger partial charge in [-0.2, -0.15) is 0 Å². The molecule has 0 unspecified atom stereocenters. The van der Waals surface area contributed by atoms with Gasteiger partial charge >= 0.3 is 0 Å². The zero-order valence-corrected chi connectivity index (χ0v) is 5.10. The highest BCUT2D eigenvalue weighted by atomic mass is 35.5. The molecule has 50 valence electrons. The lowest BCUT2D eigenvalue weighted by atomic mass is 10.0. The van der Waals surface area contributed by atoms with Crippen LogP contribution in [-0.2, 0) is 0 Å². The SMILES string of the molecule is Cl.FCC1(F)CNC1. The molecule has 0 radical (unpaired) electrons. The molecule has 0 aromatic carbocycles. The van der Waals surface area contributed by atoms with Crippen molar-refractivity contribution in [1.82, 2.24) is 5.32 Å². The molecular formula is C4H8ClF2N. The molecule has 0 saturated carbocycles. The number of alkyl halides is 2. The maximum atomic E-state index is 12.2. The molecule has 1 aliphatic heterocycles. The number of hydrogen-bond donors (Lipinski definition) is 1. The monoisotopic (exact) mass is 143 g/mol. The Morgan fingerprint density at radius 1 is 1.50 bits per heavy atom. The molecule has 8 heavy (non-hydrogen) atoms. The van der Waals surface area contributed by atoms with Gasteiger partial charge in [-0.1, -0.05) is 0 Å². The van der Waals surface area contributed by atoms with Crippen molar-refractivity contribution in [3.63, 3.8) is 0 Å². The average Bonchev–Trinajstić information content (AvgIpc) is 1.61. The van der Waals surface area contributed by atoms with Crippen LogP contribution in [0.2, 0.25) is 0 Å². The minimum Gasteiger partial charge on any atom is -0.310 e. The normalized spacial score (nSPS) is 23.2.